The molecule has 2 rings (SSSR count). The summed E-state index contributed by atoms with van der Waals surface area (Å²) in [4.78, 5) is 28.5. The third-order valence-corrected chi connectivity index (χ3v) is 4.06. The standard InChI is InChI=1S/C15H27N3O3/c1-12(2)10-13-15(20)16-4-3-5-18(13)11-14(19)17-6-8-21-9-7-17/h12-13H,3-11H2,1-2H3,(H,16,20). The van der Waals surface area contributed by atoms with E-state index in [-0.39, 0.29) is 17.9 Å². The lowest BCUT2D eigenvalue weighted by Gasteiger charge is -2.32. The lowest BCUT2D eigenvalue weighted by atomic mass is 10.0. The Labute approximate surface area is 126 Å². The average Bonchev–Trinajstić information content (AvgIpc) is 2.63. The molecule has 2 heterocycles. The summed E-state index contributed by atoms with van der Waals surface area (Å²) < 4.78 is 5.28. The molecular weight excluding hydrogens is 270 g/mol. The number of nitrogens with zero attached hydrogens (tertiary/aromatic N) is 2. The molecule has 1 atom stereocenters. The third kappa shape index (κ3) is 4.68. The molecule has 0 spiro atoms. The Bertz CT molecular complexity index is 367. The molecule has 0 saturated carbocycles. The zero-order valence-electron chi connectivity index (χ0n) is 13.1. The van der Waals surface area contributed by atoms with Gasteiger partial charge in [0.1, 0.15) is 0 Å². The Balaban J connectivity index is 1.99. The number of rotatable bonds is 4. The summed E-state index contributed by atoms with van der Waals surface area (Å²) in [5.41, 5.74) is 0. The van der Waals surface area contributed by atoms with Crippen LogP contribution in [0.25, 0.3) is 0 Å². The number of carbonyl (C=O) groups excluding carboxylic acids is 2. The van der Waals surface area contributed by atoms with Crippen molar-refractivity contribution in [1.29, 1.82) is 0 Å². The molecule has 6 nitrogen and oxygen atoms in total. The predicted molar refractivity (Wildman–Crippen MR) is 79.8 cm³/mol. The summed E-state index contributed by atoms with van der Waals surface area (Å²) in [5, 5.41) is 2.96. The highest BCUT2D eigenvalue weighted by molar-refractivity contribution is 5.84. The Morgan fingerprint density at radius 3 is 2.71 bits per heavy atom. The van der Waals surface area contributed by atoms with E-state index in [0.717, 1.165) is 19.4 Å². The second-order valence-electron chi connectivity index (χ2n) is 6.25. The topological polar surface area (TPSA) is 61.9 Å². The Kier molecular flexibility index (Phi) is 5.99. The van der Waals surface area contributed by atoms with Crippen LogP contribution in [-0.2, 0) is 14.3 Å². The van der Waals surface area contributed by atoms with Crippen LogP contribution in [0, 0.1) is 5.92 Å². The molecule has 2 saturated heterocycles. The van der Waals surface area contributed by atoms with Crippen LogP contribution in [0.4, 0.5) is 0 Å². The fourth-order valence-corrected chi connectivity index (χ4v) is 2.91. The smallest absolute Gasteiger partial charge is 0.237 e. The predicted octanol–water partition coefficient (Wildman–Crippen LogP) is 0.0818. The first-order valence-corrected chi connectivity index (χ1v) is 7.95. The summed E-state index contributed by atoms with van der Waals surface area (Å²) in [7, 11) is 0. The number of nitrogens with one attached hydrogen (secondary N) is 1. The molecule has 6 heteroatoms. The summed E-state index contributed by atoms with van der Waals surface area (Å²) in [6.07, 6.45) is 1.69. The van der Waals surface area contributed by atoms with Gasteiger partial charge in [0.05, 0.1) is 25.8 Å². The number of amides is 2. The minimum absolute atomic E-state index is 0.0657. The maximum atomic E-state index is 12.4. The van der Waals surface area contributed by atoms with E-state index in [4.69, 9.17) is 4.74 Å². The third-order valence-electron chi connectivity index (χ3n) is 4.06. The van der Waals surface area contributed by atoms with Gasteiger partial charge in [-0.05, 0) is 18.8 Å². The maximum absolute atomic E-state index is 12.4. The fraction of sp³-hybridized carbons (Fsp3) is 0.867. The second kappa shape index (κ2) is 7.75. The summed E-state index contributed by atoms with van der Waals surface area (Å²) in [5.74, 6) is 0.609. The average molecular weight is 297 g/mol. The van der Waals surface area contributed by atoms with E-state index in [0.29, 0.717) is 45.3 Å². The molecule has 0 aromatic carbocycles. The quantitative estimate of drug-likeness (QED) is 0.798. The van der Waals surface area contributed by atoms with E-state index in [1.54, 1.807) is 0 Å². The molecular formula is C15H27N3O3. The molecule has 0 aromatic rings. The zero-order chi connectivity index (χ0) is 15.2. The van der Waals surface area contributed by atoms with Crippen LogP contribution >= 0.6 is 0 Å². The van der Waals surface area contributed by atoms with Crippen LogP contribution in [0.3, 0.4) is 0 Å². The second-order valence-corrected chi connectivity index (χ2v) is 6.25. The lowest BCUT2D eigenvalue weighted by Crippen LogP contribution is -2.51. The van der Waals surface area contributed by atoms with Crippen LogP contribution in [0.5, 0.6) is 0 Å². The van der Waals surface area contributed by atoms with Crippen molar-refractivity contribution in [2.45, 2.75) is 32.7 Å². The first-order valence-electron chi connectivity index (χ1n) is 7.95. The molecule has 1 unspecified atom stereocenters. The van der Waals surface area contributed by atoms with Crippen molar-refractivity contribution in [2.24, 2.45) is 5.92 Å². The van der Waals surface area contributed by atoms with Crippen LogP contribution in [0.15, 0.2) is 0 Å². The van der Waals surface area contributed by atoms with Crippen LogP contribution in [0.2, 0.25) is 0 Å². The van der Waals surface area contributed by atoms with Gasteiger partial charge in [-0.3, -0.25) is 14.5 Å². The highest BCUT2D eigenvalue weighted by Gasteiger charge is 2.31. The van der Waals surface area contributed by atoms with Gasteiger partial charge in [0.25, 0.3) is 0 Å². The van der Waals surface area contributed by atoms with Crippen molar-refractivity contribution in [2.75, 3.05) is 45.9 Å². The summed E-state index contributed by atoms with van der Waals surface area (Å²) in [6, 6.07) is -0.183. The molecule has 2 aliphatic rings. The highest BCUT2D eigenvalue weighted by atomic mass is 16.5. The molecule has 0 radical (unpaired) electrons. The van der Waals surface area contributed by atoms with Crippen molar-refractivity contribution < 1.29 is 14.3 Å². The SMILES string of the molecule is CC(C)CC1C(=O)NCCCN1CC(=O)N1CCOCC1. The van der Waals surface area contributed by atoms with Gasteiger partial charge in [0, 0.05) is 26.2 Å². The van der Waals surface area contributed by atoms with Crippen LogP contribution < -0.4 is 5.32 Å². The van der Waals surface area contributed by atoms with E-state index in [1.165, 1.54) is 0 Å². The number of morpholine rings is 1. The van der Waals surface area contributed by atoms with Crippen molar-refractivity contribution in [3.05, 3.63) is 0 Å². The molecule has 21 heavy (non-hydrogen) atoms. The summed E-state index contributed by atoms with van der Waals surface area (Å²) in [6.45, 7) is 8.61. The maximum Gasteiger partial charge on any atom is 0.237 e. The minimum atomic E-state index is -0.183. The minimum Gasteiger partial charge on any atom is -0.378 e. The van der Waals surface area contributed by atoms with Gasteiger partial charge in [-0.2, -0.15) is 0 Å². The first-order chi connectivity index (χ1) is 10.1. The highest BCUT2D eigenvalue weighted by Crippen LogP contribution is 2.15. The fourth-order valence-electron chi connectivity index (χ4n) is 2.91. The van der Waals surface area contributed by atoms with Gasteiger partial charge >= 0.3 is 0 Å². The van der Waals surface area contributed by atoms with E-state index in [9.17, 15) is 9.59 Å². The van der Waals surface area contributed by atoms with E-state index in [1.807, 2.05) is 4.90 Å². The molecule has 2 aliphatic heterocycles. The molecule has 2 fully saturated rings. The van der Waals surface area contributed by atoms with E-state index >= 15 is 0 Å². The van der Waals surface area contributed by atoms with Gasteiger partial charge < -0.3 is 15.0 Å². The van der Waals surface area contributed by atoms with Gasteiger partial charge in [0.2, 0.25) is 11.8 Å². The van der Waals surface area contributed by atoms with Crippen molar-refractivity contribution in [1.82, 2.24) is 15.1 Å². The van der Waals surface area contributed by atoms with E-state index in [2.05, 4.69) is 24.1 Å². The van der Waals surface area contributed by atoms with Crippen molar-refractivity contribution in [3.8, 4) is 0 Å². The Hall–Kier alpha value is -1.14. The van der Waals surface area contributed by atoms with Crippen LogP contribution in [-0.4, -0.2) is 73.6 Å². The largest absolute Gasteiger partial charge is 0.378 e. The van der Waals surface area contributed by atoms with Gasteiger partial charge in [0.15, 0.2) is 0 Å². The molecule has 1 N–H and O–H groups in total. The number of ether oxygens (including phenoxy) is 1. The number of carbonyl (C=O) groups is 2. The van der Waals surface area contributed by atoms with Crippen molar-refractivity contribution >= 4 is 11.8 Å². The monoisotopic (exact) mass is 297 g/mol. The Morgan fingerprint density at radius 2 is 2.05 bits per heavy atom. The van der Waals surface area contributed by atoms with E-state index < -0.39 is 0 Å². The summed E-state index contributed by atoms with van der Waals surface area (Å²) >= 11 is 0. The van der Waals surface area contributed by atoms with Crippen molar-refractivity contribution in [3.63, 3.8) is 0 Å². The van der Waals surface area contributed by atoms with Gasteiger partial charge in [-0.1, -0.05) is 13.8 Å². The van der Waals surface area contributed by atoms with Gasteiger partial charge in [-0.25, -0.2) is 0 Å². The number of hydrogen-bond acceptors (Lipinski definition) is 4. The number of hydrogen-bond donors (Lipinski definition) is 1. The molecule has 120 valence electrons. The van der Waals surface area contributed by atoms with Crippen LogP contribution in [0.1, 0.15) is 26.7 Å². The Morgan fingerprint density at radius 1 is 1.33 bits per heavy atom. The van der Waals surface area contributed by atoms with Gasteiger partial charge in [-0.15, -0.1) is 0 Å². The molecule has 0 bridgehead atoms. The zero-order valence-corrected chi connectivity index (χ0v) is 13.1. The normalized spacial score (nSPS) is 24.8. The molecule has 0 aliphatic carbocycles. The molecule has 2 amide bonds. The molecule has 0 aromatic heterocycles. The lowest BCUT2D eigenvalue weighted by molar-refractivity contribution is -0.138. The first kappa shape index (κ1) is 16.2.